The van der Waals surface area contributed by atoms with E-state index in [9.17, 15) is 0 Å². The van der Waals surface area contributed by atoms with Crippen LogP contribution in [0.15, 0.2) is 0 Å². The molecule has 0 radical (unpaired) electrons. The zero-order valence-corrected chi connectivity index (χ0v) is 10.0. The lowest BCUT2D eigenvalue weighted by Gasteiger charge is -2.31. The highest BCUT2D eigenvalue weighted by Crippen LogP contribution is 2.45. The second-order valence-corrected chi connectivity index (χ2v) is 6.30. The van der Waals surface area contributed by atoms with Crippen molar-refractivity contribution >= 4 is 0 Å². The molecule has 3 aliphatic rings. The minimum absolute atomic E-state index is 0.779. The lowest BCUT2D eigenvalue weighted by Crippen LogP contribution is -2.41. The molecule has 0 aromatic rings. The third kappa shape index (κ3) is 2.55. The van der Waals surface area contributed by atoms with Crippen molar-refractivity contribution in [1.29, 1.82) is 0 Å². The molecule has 1 unspecified atom stereocenters. The predicted molar refractivity (Wildman–Crippen MR) is 63.8 cm³/mol. The second kappa shape index (κ2) is 4.08. The first-order valence-corrected chi connectivity index (χ1v) is 7.09. The fourth-order valence-electron chi connectivity index (χ4n) is 3.19. The van der Waals surface area contributed by atoms with Gasteiger partial charge in [0.1, 0.15) is 0 Å². The maximum Gasteiger partial charge on any atom is 0.0126 e. The smallest absolute Gasteiger partial charge is 0.0126 e. The average Bonchev–Trinajstić information content (AvgIpc) is 3.00. The highest BCUT2D eigenvalue weighted by atomic mass is 15.0. The third-order valence-electron chi connectivity index (χ3n) is 4.65. The van der Waals surface area contributed by atoms with Crippen LogP contribution in [0.4, 0.5) is 0 Å². The molecule has 3 aliphatic carbocycles. The summed E-state index contributed by atoms with van der Waals surface area (Å²) >= 11 is 0. The number of nitrogens with one attached hydrogen (secondary N) is 1. The molecule has 0 bridgehead atoms. The van der Waals surface area contributed by atoms with Crippen LogP contribution in [0.1, 0.15) is 58.3 Å². The molecule has 0 aromatic heterocycles. The Bertz CT molecular complexity index is 201. The Balaban J connectivity index is 1.44. The van der Waals surface area contributed by atoms with Crippen LogP contribution in [0.2, 0.25) is 0 Å². The van der Waals surface area contributed by atoms with Gasteiger partial charge in [0.25, 0.3) is 0 Å². The van der Waals surface area contributed by atoms with Gasteiger partial charge < -0.3 is 5.32 Å². The standard InChI is InChI=1S/C14H25N/c1-10(9-11-3-2-4-11)15-14(12-5-6-12)13-7-8-13/h10-15H,2-9H2,1H3. The van der Waals surface area contributed by atoms with Crippen molar-refractivity contribution in [2.75, 3.05) is 0 Å². The summed E-state index contributed by atoms with van der Waals surface area (Å²) in [6.45, 7) is 2.41. The van der Waals surface area contributed by atoms with E-state index in [0.717, 1.165) is 29.8 Å². The van der Waals surface area contributed by atoms with Crippen molar-refractivity contribution in [3.63, 3.8) is 0 Å². The molecular weight excluding hydrogens is 182 g/mol. The predicted octanol–water partition coefficient (Wildman–Crippen LogP) is 3.34. The molecule has 15 heavy (non-hydrogen) atoms. The van der Waals surface area contributed by atoms with E-state index in [1.165, 1.54) is 51.4 Å². The molecule has 3 rings (SSSR count). The molecule has 1 heteroatoms. The van der Waals surface area contributed by atoms with Crippen LogP contribution in [0.25, 0.3) is 0 Å². The summed E-state index contributed by atoms with van der Waals surface area (Å²) in [4.78, 5) is 0. The van der Waals surface area contributed by atoms with Gasteiger partial charge in [-0.2, -0.15) is 0 Å². The van der Waals surface area contributed by atoms with Crippen LogP contribution in [-0.4, -0.2) is 12.1 Å². The summed E-state index contributed by atoms with van der Waals surface area (Å²) < 4.78 is 0. The summed E-state index contributed by atoms with van der Waals surface area (Å²) in [5, 5.41) is 3.94. The quantitative estimate of drug-likeness (QED) is 0.704. The molecular formula is C14H25N. The molecule has 3 fully saturated rings. The number of hydrogen-bond donors (Lipinski definition) is 1. The van der Waals surface area contributed by atoms with Gasteiger partial charge in [0.05, 0.1) is 0 Å². The van der Waals surface area contributed by atoms with E-state index in [4.69, 9.17) is 0 Å². The fourth-order valence-corrected chi connectivity index (χ4v) is 3.19. The monoisotopic (exact) mass is 207 g/mol. The van der Waals surface area contributed by atoms with Gasteiger partial charge in [-0.15, -0.1) is 0 Å². The topological polar surface area (TPSA) is 12.0 Å². The maximum absolute atomic E-state index is 3.94. The van der Waals surface area contributed by atoms with E-state index in [0.29, 0.717) is 0 Å². The maximum atomic E-state index is 3.94. The van der Waals surface area contributed by atoms with Crippen molar-refractivity contribution in [2.45, 2.75) is 70.4 Å². The molecule has 0 aliphatic heterocycles. The molecule has 0 aromatic carbocycles. The lowest BCUT2D eigenvalue weighted by atomic mass is 9.81. The fraction of sp³-hybridized carbons (Fsp3) is 1.00. The molecule has 0 saturated heterocycles. The van der Waals surface area contributed by atoms with Crippen molar-refractivity contribution in [3.05, 3.63) is 0 Å². The van der Waals surface area contributed by atoms with Crippen LogP contribution in [0.3, 0.4) is 0 Å². The Labute approximate surface area is 94.0 Å². The summed E-state index contributed by atoms with van der Waals surface area (Å²) in [6, 6.07) is 1.68. The van der Waals surface area contributed by atoms with E-state index in [1.54, 1.807) is 0 Å². The first-order valence-electron chi connectivity index (χ1n) is 7.09. The van der Waals surface area contributed by atoms with Crippen LogP contribution in [0, 0.1) is 17.8 Å². The van der Waals surface area contributed by atoms with Gasteiger partial charge >= 0.3 is 0 Å². The Morgan fingerprint density at radius 2 is 1.60 bits per heavy atom. The zero-order valence-electron chi connectivity index (χ0n) is 10.0. The van der Waals surface area contributed by atoms with Crippen molar-refractivity contribution < 1.29 is 0 Å². The minimum atomic E-state index is 0.779. The first-order chi connectivity index (χ1) is 7.33. The van der Waals surface area contributed by atoms with Gasteiger partial charge in [0.2, 0.25) is 0 Å². The van der Waals surface area contributed by atoms with Crippen LogP contribution in [0.5, 0.6) is 0 Å². The highest BCUT2D eigenvalue weighted by Gasteiger charge is 2.41. The molecule has 0 spiro atoms. The molecule has 86 valence electrons. The van der Waals surface area contributed by atoms with E-state index >= 15 is 0 Å². The van der Waals surface area contributed by atoms with Crippen LogP contribution < -0.4 is 5.32 Å². The summed E-state index contributed by atoms with van der Waals surface area (Å²) in [5.74, 6) is 3.18. The lowest BCUT2D eigenvalue weighted by molar-refractivity contribution is 0.248. The van der Waals surface area contributed by atoms with Crippen LogP contribution in [-0.2, 0) is 0 Å². The van der Waals surface area contributed by atoms with E-state index < -0.39 is 0 Å². The van der Waals surface area contributed by atoms with E-state index in [1.807, 2.05) is 0 Å². The van der Waals surface area contributed by atoms with Crippen molar-refractivity contribution in [3.8, 4) is 0 Å². The van der Waals surface area contributed by atoms with Gasteiger partial charge in [-0.25, -0.2) is 0 Å². The molecule has 3 saturated carbocycles. The molecule has 0 heterocycles. The first kappa shape index (κ1) is 10.1. The Kier molecular flexibility index (Phi) is 2.76. The Hall–Kier alpha value is -0.0400. The second-order valence-electron chi connectivity index (χ2n) is 6.30. The third-order valence-corrected chi connectivity index (χ3v) is 4.65. The largest absolute Gasteiger partial charge is 0.311 e. The SMILES string of the molecule is CC(CC1CCC1)NC(C1CC1)C1CC1. The summed E-state index contributed by atoms with van der Waals surface area (Å²) in [6.07, 6.45) is 12.0. The number of hydrogen-bond acceptors (Lipinski definition) is 1. The van der Waals surface area contributed by atoms with Gasteiger partial charge in [0, 0.05) is 12.1 Å². The average molecular weight is 207 g/mol. The van der Waals surface area contributed by atoms with E-state index in [2.05, 4.69) is 12.2 Å². The van der Waals surface area contributed by atoms with Crippen molar-refractivity contribution in [2.24, 2.45) is 17.8 Å². The normalized spacial score (nSPS) is 29.2. The summed E-state index contributed by atoms with van der Waals surface area (Å²) in [5.41, 5.74) is 0. The summed E-state index contributed by atoms with van der Waals surface area (Å²) in [7, 11) is 0. The molecule has 1 N–H and O–H groups in total. The minimum Gasteiger partial charge on any atom is -0.311 e. The highest BCUT2D eigenvalue weighted by molar-refractivity contribution is 4.97. The van der Waals surface area contributed by atoms with Gasteiger partial charge in [-0.05, 0) is 56.8 Å². The van der Waals surface area contributed by atoms with E-state index in [-0.39, 0.29) is 0 Å². The zero-order chi connectivity index (χ0) is 10.3. The van der Waals surface area contributed by atoms with Gasteiger partial charge in [-0.1, -0.05) is 19.3 Å². The van der Waals surface area contributed by atoms with Crippen LogP contribution >= 0.6 is 0 Å². The van der Waals surface area contributed by atoms with Crippen molar-refractivity contribution in [1.82, 2.24) is 5.32 Å². The number of rotatable bonds is 6. The molecule has 1 atom stereocenters. The van der Waals surface area contributed by atoms with Gasteiger partial charge in [-0.3, -0.25) is 0 Å². The molecule has 1 nitrogen and oxygen atoms in total. The van der Waals surface area contributed by atoms with Gasteiger partial charge in [0.15, 0.2) is 0 Å². The Morgan fingerprint density at radius 1 is 1.00 bits per heavy atom. The molecule has 0 amide bonds. The Morgan fingerprint density at radius 3 is 2.00 bits per heavy atom.